The van der Waals surface area contributed by atoms with Crippen LogP contribution in [-0.4, -0.2) is 46.8 Å². The summed E-state index contributed by atoms with van der Waals surface area (Å²) in [6.07, 6.45) is 0. The Labute approximate surface area is 212 Å². The summed E-state index contributed by atoms with van der Waals surface area (Å²) >= 11 is 0. The summed E-state index contributed by atoms with van der Waals surface area (Å²) in [5.41, 5.74) is 3.29. The number of hydrogen-bond acceptors (Lipinski definition) is 6. The van der Waals surface area contributed by atoms with Crippen LogP contribution in [0.5, 0.6) is 0 Å². The van der Waals surface area contributed by atoms with Gasteiger partial charge in [0.1, 0.15) is 11.6 Å². The molecule has 0 aliphatic heterocycles. The molecular weight excluding hydrogens is 492 g/mol. The third-order valence-electron chi connectivity index (χ3n) is 5.40. The van der Waals surface area contributed by atoms with E-state index in [1.165, 1.54) is 17.0 Å². The quantitative estimate of drug-likeness (QED) is 0.318. The van der Waals surface area contributed by atoms with Crippen molar-refractivity contribution < 1.29 is 27.9 Å². The van der Waals surface area contributed by atoms with Crippen LogP contribution in [0.15, 0.2) is 65.2 Å². The van der Waals surface area contributed by atoms with Gasteiger partial charge in [0.15, 0.2) is 0 Å². The molecule has 0 saturated carbocycles. The van der Waals surface area contributed by atoms with E-state index in [0.29, 0.717) is 27.8 Å². The number of hydrogen-bond donors (Lipinski definition) is 1. The molecule has 36 heavy (non-hydrogen) atoms. The highest BCUT2D eigenvalue weighted by Gasteiger charge is 2.17. The molecule has 188 valence electrons. The second kappa shape index (κ2) is 11.9. The van der Waals surface area contributed by atoms with E-state index in [1.54, 1.807) is 62.7 Å². The number of benzene rings is 3. The van der Waals surface area contributed by atoms with Crippen molar-refractivity contribution in [3.05, 3.63) is 83.4 Å². The van der Waals surface area contributed by atoms with Crippen LogP contribution in [0.2, 0.25) is 0 Å². The number of carbonyl (C=O) groups is 1. The van der Waals surface area contributed by atoms with Gasteiger partial charge in [-0.1, -0.05) is 41.6 Å². The molecule has 0 aliphatic rings. The molecule has 4 aromatic rings. The number of methoxy groups -OCH3 is 1. The molecule has 10 heteroatoms. The Balaban J connectivity index is 0.00000361. The van der Waals surface area contributed by atoms with Crippen molar-refractivity contribution in [2.45, 2.75) is 13.2 Å². The van der Waals surface area contributed by atoms with E-state index in [1.807, 2.05) is 0 Å². The lowest BCUT2D eigenvalue weighted by atomic mass is 9.97. The molecule has 0 radical (unpaired) electrons. The van der Waals surface area contributed by atoms with Gasteiger partial charge in [-0.05, 0) is 42.4 Å². The highest BCUT2D eigenvalue weighted by atomic mass is 35.5. The summed E-state index contributed by atoms with van der Waals surface area (Å²) in [4.78, 5) is 16.7. The topological polar surface area (TPSA) is 88.7 Å². The minimum absolute atomic E-state index is 0. The van der Waals surface area contributed by atoms with Gasteiger partial charge in [-0.15, -0.1) is 12.4 Å². The summed E-state index contributed by atoms with van der Waals surface area (Å²) < 4.78 is 39.7. The van der Waals surface area contributed by atoms with E-state index in [4.69, 9.17) is 14.4 Å². The molecule has 0 aliphatic carbocycles. The van der Waals surface area contributed by atoms with Crippen molar-refractivity contribution in [3.63, 3.8) is 0 Å². The second-order valence-electron chi connectivity index (χ2n) is 8.08. The van der Waals surface area contributed by atoms with E-state index in [2.05, 4.69) is 10.1 Å². The number of carboxylic acids is 1. The molecule has 0 spiro atoms. The molecule has 4 rings (SSSR count). The molecule has 3 aromatic carbocycles. The number of likely N-dealkylation sites (N-methyl/N-ethyl adjacent to an activating group) is 1. The molecule has 0 fully saturated rings. The Morgan fingerprint density at radius 2 is 1.75 bits per heavy atom. The first kappa shape index (κ1) is 26.9. The van der Waals surface area contributed by atoms with Crippen molar-refractivity contribution in [3.8, 4) is 34.0 Å². The molecule has 0 atom stereocenters. The summed E-state index contributed by atoms with van der Waals surface area (Å²) in [5.74, 6) is -1.39. The van der Waals surface area contributed by atoms with Crippen molar-refractivity contribution in [2.24, 2.45) is 0 Å². The highest BCUT2D eigenvalue weighted by molar-refractivity contribution is 5.85. The predicted octanol–water partition coefficient (Wildman–Crippen LogP) is 5.43. The Bertz CT molecular complexity index is 1360. The molecule has 1 aromatic heterocycles. The molecule has 0 bridgehead atoms. The number of aliphatic carboxylic acids is 1. The van der Waals surface area contributed by atoms with Gasteiger partial charge in [0.25, 0.3) is 5.89 Å². The van der Waals surface area contributed by atoms with Gasteiger partial charge >= 0.3 is 5.97 Å². The number of rotatable bonds is 9. The molecule has 0 saturated heterocycles. The maximum absolute atomic E-state index is 14.6. The first-order valence-corrected chi connectivity index (χ1v) is 10.8. The first-order chi connectivity index (χ1) is 16.9. The van der Waals surface area contributed by atoms with Gasteiger partial charge in [0.05, 0.1) is 13.2 Å². The molecule has 7 nitrogen and oxygen atoms in total. The zero-order chi connectivity index (χ0) is 24.9. The highest BCUT2D eigenvalue weighted by Crippen LogP contribution is 2.31. The van der Waals surface area contributed by atoms with E-state index < -0.39 is 11.8 Å². The van der Waals surface area contributed by atoms with E-state index >= 15 is 0 Å². The van der Waals surface area contributed by atoms with Crippen molar-refractivity contribution >= 4 is 18.4 Å². The van der Waals surface area contributed by atoms with Crippen LogP contribution in [0.3, 0.4) is 0 Å². The number of nitrogens with zero attached hydrogens (tertiary/aromatic N) is 3. The normalized spacial score (nSPS) is 10.9. The van der Waals surface area contributed by atoms with Crippen LogP contribution in [-0.2, 0) is 22.7 Å². The van der Waals surface area contributed by atoms with E-state index in [0.717, 1.165) is 5.56 Å². The zero-order valence-electron chi connectivity index (χ0n) is 19.6. The molecule has 0 amide bonds. The Hall–Kier alpha value is -3.66. The lowest BCUT2D eigenvalue weighted by Gasteiger charge is -2.14. The van der Waals surface area contributed by atoms with Crippen LogP contribution in [0.1, 0.15) is 11.1 Å². The first-order valence-electron chi connectivity index (χ1n) is 10.8. The Kier molecular flexibility index (Phi) is 8.87. The summed E-state index contributed by atoms with van der Waals surface area (Å²) in [5, 5.41) is 12.8. The maximum Gasteiger partial charge on any atom is 0.317 e. The van der Waals surface area contributed by atoms with Crippen molar-refractivity contribution in [2.75, 3.05) is 20.7 Å². The van der Waals surface area contributed by atoms with Gasteiger partial charge < -0.3 is 14.4 Å². The lowest BCUT2D eigenvalue weighted by molar-refractivity contribution is -0.138. The monoisotopic (exact) mass is 515 g/mol. The lowest BCUT2D eigenvalue weighted by Crippen LogP contribution is -2.25. The van der Waals surface area contributed by atoms with Gasteiger partial charge in [-0.25, -0.2) is 8.78 Å². The van der Waals surface area contributed by atoms with E-state index in [-0.39, 0.29) is 49.6 Å². The molecule has 0 unspecified atom stereocenters. The maximum atomic E-state index is 14.6. The average Bonchev–Trinajstić information content (AvgIpc) is 3.31. The minimum atomic E-state index is -0.987. The Morgan fingerprint density at radius 3 is 2.44 bits per heavy atom. The number of carboxylic acid groups (broad SMARTS) is 1. The Morgan fingerprint density at radius 1 is 1.00 bits per heavy atom. The predicted molar refractivity (Wildman–Crippen MR) is 132 cm³/mol. The van der Waals surface area contributed by atoms with Gasteiger partial charge in [0, 0.05) is 35.9 Å². The second-order valence-corrected chi connectivity index (χ2v) is 8.08. The third-order valence-corrected chi connectivity index (χ3v) is 5.40. The van der Waals surface area contributed by atoms with Crippen molar-refractivity contribution in [1.82, 2.24) is 15.0 Å². The van der Waals surface area contributed by atoms with Crippen LogP contribution >= 0.6 is 12.4 Å². The molecule has 1 N–H and O–H groups in total. The van der Waals surface area contributed by atoms with Crippen LogP contribution in [0.4, 0.5) is 8.78 Å². The fourth-order valence-corrected chi connectivity index (χ4v) is 3.79. The number of ether oxygens (including phenoxy) is 1. The fourth-order valence-electron chi connectivity index (χ4n) is 3.79. The molecule has 1 heterocycles. The fraction of sp³-hybridized carbons (Fsp3) is 0.192. The van der Waals surface area contributed by atoms with Crippen LogP contribution < -0.4 is 0 Å². The zero-order valence-corrected chi connectivity index (χ0v) is 20.4. The third kappa shape index (κ3) is 6.12. The number of aromatic nitrogens is 2. The smallest absolute Gasteiger partial charge is 0.317 e. The van der Waals surface area contributed by atoms with Gasteiger partial charge in [-0.3, -0.25) is 9.69 Å². The standard InChI is InChI=1S/C26H23F2N3O4.ClH/c1-31(14-24(32)33)13-18-8-7-16(12-23(18)28)25-29-26(35-30-25)17-9-10-20(19(11-17)15-34-2)21-5-3-4-6-22(21)27;/h3-12H,13-15H2,1-2H3,(H,32,33);1H. The van der Waals surface area contributed by atoms with Crippen LogP contribution in [0, 0.1) is 11.6 Å². The summed E-state index contributed by atoms with van der Waals surface area (Å²) in [7, 11) is 3.16. The largest absolute Gasteiger partial charge is 0.480 e. The minimum Gasteiger partial charge on any atom is -0.480 e. The SMILES string of the molecule is COCc1cc(-c2nc(-c3ccc(CN(C)CC(=O)O)c(F)c3)no2)ccc1-c1ccccc1F.Cl. The van der Waals surface area contributed by atoms with E-state index in [9.17, 15) is 13.6 Å². The summed E-state index contributed by atoms with van der Waals surface area (Å²) in [6.45, 7) is 0.199. The van der Waals surface area contributed by atoms with Crippen molar-refractivity contribution in [1.29, 1.82) is 0 Å². The number of halogens is 3. The van der Waals surface area contributed by atoms with Crippen LogP contribution in [0.25, 0.3) is 34.0 Å². The van der Waals surface area contributed by atoms with Gasteiger partial charge in [-0.2, -0.15) is 4.98 Å². The average molecular weight is 516 g/mol. The van der Waals surface area contributed by atoms with Gasteiger partial charge in [0.2, 0.25) is 5.82 Å². The summed E-state index contributed by atoms with van der Waals surface area (Å²) in [6, 6.07) is 16.3. The molecular formula is C26H24ClF2N3O4.